The molecule has 1 unspecified atom stereocenters. The highest BCUT2D eigenvalue weighted by Crippen LogP contribution is 2.12. The Morgan fingerprint density at radius 3 is 2.53 bits per heavy atom. The van der Waals surface area contributed by atoms with Crippen LogP contribution in [0.1, 0.15) is 65.7 Å². The zero-order valence-electron chi connectivity index (χ0n) is 10.6. The van der Waals surface area contributed by atoms with Crippen LogP contribution in [-0.4, -0.2) is 12.6 Å². The van der Waals surface area contributed by atoms with E-state index in [1.165, 1.54) is 12.8 Å². The van der Waals surface area contributed by atoms with Crippen LogP contribution in [0.3, 0.4) is 0 Å². The van der Waals surface area contributed by atoms with Crippen molar-refractivity contribution in [3.63, 3.8) is 0 Å². The highest BCUT2D eigenvalue weighted by atomic mass is 16.5. The Morgan fingerprint density at radius 1 is 1.20 bits per heavy atom. The predicted octanol–water partition coefficient (Wildman–Crippen LogP) is 3.94. The van der Waals surface area contributed by atoms with Gasteiger partial charge in [-0.3, -0.25) is 4.79 Å². The van der Waals surface area contributed by atoms with E-state index in [1.54, 1.807) is 0 Å². The monoisotopic (exact) mass is 214 g/mol. The number of hydrogen-bond acceptors (Lipinski definition) is 2. The second kappa shape index (κ2) is 10.0. The number of ether oxygens (including phenoxy) is 1. The Bertz CT molecular complexity index is 155. The lowest BCUT2D eigenvalue weighted by molar-refractivity contribution is -0.143. The van der Waals surface area contributed by atoms with E-state index in [0.717, 1.165) is 31.6 Å². The molecule has 15 heavy (non-hydrogen) atoms. The maximum absolute atomic E-state index is 11.2. The third-order valence-electron chi connectivity index (χ3n) is 2.79. The van der Waals surface area contributed by atoms with Crippen molar-refractivity contribution in [2.75, 3.05) is 6.61 Å². The molecule has 0 radical (unpaired) electrons. The van der Waals surface area contributed by atoms with Gasteiger partial charge in [0.1, 0.15) is 0 Å². The third-order valence-corrected chi connectivity index (χ3v) is 2.79. The molecule has 2 nitrogen and oxygen atoms in total. The van der Waals surface area contributed by atoms with Crippen molar-refractivity contribution < 1.29 is 9.53 Å². The van der Waals surface area contributed by atoms with E-state index < -0.39 is 0 Å². The summed E-state index contributed by atoms with van der Waals surface area (Å²) in [6.07, 6.45) is 7.27. The van der Waals surface area contributed by atoms with Crippen molar-refractivity contribution in [1.29, 1.82) is 0 Å². The van der Waals surface area contributed by atoms with Crippen LogP contribution in [-0.2, 0) is 9.53 Å². The van der Waals surface area contributed by atoms with Crippen LogP contribution in [0.15, 0.2) is 0 Å². The van der Waals surface area contributed by atoms with Gasteiger partial charge in [-0.05, 0) is 18.8 Å². The number of hydrogen-bond donors (Lipinski definition) is 0. The molecule has 0 aliphatic carbocycles. The van der Waals surface area contributed by atoms with Crippen molar-refractivity contribution in [2.24, 2.45) is 5.92 Å². The molecule has 1 atom stereocenters. The smallest absolute Gasteiger partial charge is 0.305 e. The van der Waals surface area contributed by atoms with E-state index in [0.29, 0.717) is 13.0 Å². The van der Waals surface area contributed by atoms with Crippen LogP contribution in [0.4, 0.5) is 0 Å². The van der Waals surface area contributed by atoms with Gasteiger partial charge in [-0.1, -0.05) is 46.5 Å². The van der Waals surface area contributed by atoms with Gasteiger partial charge < -0.3 is 4.74 Å². The lowest BCUT2D eigenvalue weighted by Crippen LogP contribution is -2.05. The molecule has 90 valence electrons. The third kappa shape index (κ3) is 9.77. The summed E-state index contributed by atoms with van der Waals surface area (Å²) in [5.41, 5.74) is 0. The molecule has 0 rings (SSSR count). The fourth-order valence-corrected chi connectivity index (χ4v) is 1.37. The summed E-state index contributed by atoms with van der Waals surface area (Å²) in [5, 5.41) is 0. The van der Waals surface area contributed by atoms with Gasteiger partial charge in [0.15, 0.2) is 0 Å². The van der Waals surface area contributed by atoms with Crippen molar-refractivity contribution in [3.05, 3.63) is 0 Å². The molecule has 0 saturated carbocycles. The quantitative estimate of drug-likeness (QED) is 0.429. The summed E-state index contributed by atoms with van der Waals surface area (Å²) in [6.45, 7) is 7.17. The molecule has 0 fully saturated rings. The summed E-state index contributed by atoms with van der Waals surface area (Å²) >= 11 is 0. The second-order valence-corrected chi connectivity index (χ2v) is 4.33. The van der Waals surface area contributed by atoms with Crippen molar-refractivity contribution in [3.8, 4) is 0 Å². The minimum Gasteiger partial charge on any atom is -0.466 e. The van der Waals surface area contributed by atoms with E-state index in [1.807, 2.05) is 0 Å². The number of carbonyl (C=O) groups is 1. The Balaban J connectivity index is 3.23. The molecule has 0 aromatic rings. The van der Waals surface area contributed by atoms with Gasteiger partial charge >= 0.3 is 5.97 Å². The van der Waals surface area contributed by atoms with Gasteiger partial charge in [0.25, 0.3) is 0 Å². The molecule has 0 bridgehead atoms. The van der Waals surface area contributed by atoms with Gasteiger partial charge in [-0.15, -0.1) is 0 Å². The van der Waals surface area contributed by atoms with Gasteiger partial charge in [0, 0.05) is 6.42 Å². The molecule has 0 aliphatic heterocycles. The van der Waals surface area contributed by atoms with Crippen molar-refractivity contribution in [1.82, 2.24) is 0 Å². The number of esters is 1. The Kier molecular flexibility index (Phi) is 9.65. The largest absolute Gasteiger partial charge is 0.466 e. The molecular formula is C13H26O2. The lowest BCUT2D eigenvalue weighted by atomic mass is 10.0. The highest BCUT2D eigenvalue weighted by Gasteiger charge is 2.03. The topological polar surface area (TPSA) is 26.3 Å². The Hall–Kier alpha value is -0.530. The van der Waals surface area contributed by atoms with E-state index in [2.05, 4.69) is 20.8 Å². The first-order chi connectivity index (χ1) is 7.20. The molecule has 0 aliphatic rings. The molecule has 0 saturated heterocycles. The van der Waals surface area contributed by atoms with Gasteiger partial charge in [-0.25, -0.2) is 0 Å². The SMILES string of the molecule is CCCCOC(=O)CCCCC(C)CC. The Morgan fingerprint density at radius 2 is 1.93 bits per heavy atom. The lowest BCUT2D eigenvalue weighted by Gasteiger charge is -2.07. The van der Waals surface area contributed by atoms with E-state index in [-0.39, 0.29) is 5.97 Å². The molecule has 0 aromatic carbocycles. The molecule has 0 amide bonds. The van der Waals surface area contributed by atoms with E-state index >= 15 is 0 Å². The van der Waals surface area contributed by atoms with Crippen LogP contribution >= 0.6 is 0 Å². The average Bonchev–Trinajstić information content (AvgIpc) is 2.24. The van der Waals surface area contributed by atoms with E-state index in [9.17, 15) is 4.79 Å². The van der Waals surface area contributed by atoms with Gasteiger partial charge in [0.05, 0.1) is 6.61 Å². The predicted molar refractivity (Wildman–Crippen MR) is 63.8 cm³/mol. The maximum atomic E-state index is 11.2. The van der Waals surface area contributed by atoms with Crippen LogP contribution in [0.5, 0.6) is 0 Å². The molecule has 0 spiro atoms. The molecule has 0 heterocycles. The average molecular weight is 214 g/mol. The van der Waals surface area contributed by atoms with Gasteiger partial charge in [-0.2, -0.15) is 0 Å². The summed E-state index contributed by atoms with van der Waals surface area (Å²) in [5.74, 6) is 0.772. The van der Waals surface area contributed by atoms with Crippen LogP contribution in [0, 0.1) is 5.92 Å². The minimum absolute atomic E-state index is 0.0207. The fourth-order valence-electron chi connectivity index (χ4n) is 1.37. The highest BCUT2D eigenvalue weighted by molar-refractivity contribution is 5.69. The zero-order chi connectivity index (χ0) is 11.5. The fraction of sp³-hybridized carbons (Fsp3) is 0.923. The first kappa shape index (κ1) is 14.5. The number of carbonyl (C=O) groups excluding carboxylic acids is 1. The second-order valence-electron chi connectivity index (χ2n) is 4.33. The Labute approximate surface area is 94.4 Å². The molecular weight excluding hydrogens is 188 g/mol. The number of unbranched alkanes of at least 4 members (excludes halogenated alkanes) is 2. The first-order valence-electron chi connectivity index (χ1n) is 6.36. The normalized spacial score (nSPS) is 12.5. The van der Waals surface area contributed by atoms with Crippen molar-refractivity contribution >= 4 is 5.97 Å². The minimum atomic E-state index is -0.0207. The summed E-state index contributed by atoms with van der Waals surface area (Å²) in [6, 6.07) is 0. The molecule has 2 heteroatoms. The molecule has 0 N–H and O–H groups in total. The maximum Gasteiger partial charge on any atom is 0.305 e. The van der Waals surface area contributed by atoms with E-state index in [4.69, 9.17) is 4.74 Å². The first-order valence-corrected chi connectivity index (χ1v) is 6.36. The van der Waals surface area contributed by atoms with Gasteiger partial charge in [0.2, 0.25) is 0 Å². The van der Waals surface area contributed by atoms with Crippen LogP contribution in [0.2, 0.25) is 0 Å². The zero-order valence-corrected chi connectivity index (χ0v) is 10.6. The van der Waals surface area contributed by atoms with Crippen molar-refractivity contribution in [2.45, 2.75) is 65.7 Å². The summed E-state index contributed by atoms with van der Waals surface area (Å²) < 4.78 is 5.08. The standard InChI is InChI=1S/C13H26O2/c1-4-6-11-15-13(14)10-8-7-9-12(3)5-2/h12H,4-11H2,1-3H3. The summed E-state index contributed by atoms with van der Waals surface area (Å²) in [7, 11) is 0. The number of rotatable bonds is 9. The summed E-state index contributed by atoms with van der Waals surface area (Å²) in [4.78, 5) is 11.2. The molecule has 0 aromatic heterocycles. The van der Waals surface area contributed by atoms with Crippen LogP contribution in [0.25, 0.3) is 0 Å². The van der Waals surface area contributed by atoms with Crippen LogP contribution < -0.4 is 0 Å².